The predicted octanol–water partition coefficient (Wildman–Crippen LogP) is 4.74. The van der Waals surface area contributed by atoms with Gasteiger partial charge in [0.05, 0.1) is 11.0 Å². The average Bonchev–Trinajstić information content (AvgIpc) is 3.20. The van der Waals surface area contributed by atoms with E-state index in [9.17, 15) is 14.9 Å². The number of nitro benzene ring substituents is 1. The molecular weight excluding hydrogens is 348 g/mol. The summed E-state index contributed by atoms with van der Waals surface area (Å²) in [4.78, 5) is 24.1. The number of hydrogen-bond donors (Lipinski definition) is 1. The first-order valence-corrected chi connectivity index (χ1v) is 9.14. The first-order chi connectivity index (χ1) is 12.6. The molecule has 3 aromatic rings. The van der Waals surface area contributed by atoms with E-state index < -0.39 is 4.92 Å². The lowest BCUT2D eigenvalue weighted by Crippen LogP contribution is -2.28. The Morgan fingerprint density at radius 1 is 1.15 bits per heavy atom. The van der Waals surface area contributed by atoms with Crippen LogP contribution in [0, 0.1) is 10.1 Å². The molecular formula is C20H18N2O3S. The van der Waals surface area contributed by atoms with Crippen LogP contribution in [-0.2, 0) is 6.42 Å². The third kappa shape index (κ3) is 3.97. The minimum Gasteiger partial charge on any atom is -0.340 e. The van der Waals surface area contributed by atoms with Crippen LogP contribution in [0.5, 0.6) is 0 Å². The third-order valence-electron chi connectivity index (χ3n) is 4.14. The molecule has 2 aromatic carbocycles. The van der Waals surface area contributed by atoms with E-state index in [-0.39, 0.29) is 23.2 Å². The molecule has 0 aliphatic heterocycles. The Bertz CT molecular complexity index is 905. The fourth-order valence-electron chi connectivity index (χ4n) is 2.70. The van der Waals surface area contributed by atoms with Gasteiger partial charge in [0.15, 0.2) is 0 Å². The highest BCUT2D eigenvalue weighted by Crippen LogP contribution is 2.27. The van der Waals surface area contributed by atoms with E-state index in [1.165, 1.54) is 23.8 Å². The number of benzene rings is 2. The molecule has 0 aliphatic rings. The lowest BCUT2D eigenvalue weighted by Gasteiger charge is -2.18. The van der Waals surface area contributed by atoms with Gasteiger partial charge < -0.3 is 5.32 Å². The number of aryl methyl sites for hydroxylation is 1. The maximum absolute atomic E-state index is 12.7. The maximum atomic E-state index is 12.7. The predicted molar refractivity (Wildman–Crippen MR) is 103 cm³/mol. The lowest BCUT2D eigenvalue weighted by molar-refractivity contribution is -0.384. The minimum absolute atomic E-state index is 0.0994. The summed E-state index contributed by atoms with van der Waals surface area (Å²) < 4.78 is 0. The first-order valence-electron chi connectivity index (χ1n) is 8.26. The van der Waals surface area contributed by atoms with Crippen molar-refractivity contribution in [3.05, 3.63) is 97.7 Å². The molecule has 0 fully saturated rings. The number of carbonyl (C=O) groups is 1. The van der Waals surface area contributed by atoms with Gasteiger partial charge in [0.25, 0.3) is 11.6 Å². The number of non-ortho nitro benzene ring substituents is 1. The third-order valence-corrected chi connectivity index (χ3v) is 5.08. The molecule has 0 saturated carbocycles. The molecule has 3 rings (SSSR count). The summed E-state index contributed by atoms with van der Waals surface area (Å²) in [5, 5.41) is 15.9. The molecule has 132 valence electrons. The Labute approximate surface area is 155 Å². The number of nitrogens with zero attached hydrogens (tertiary/aromatic N) is 1. The van der Waals surface area contributed by atoms with Crippen LogP contribution in [0.1, 0.15) is 39.3 Å². The van der Waals surface area contributed by atoms with E-state index in [0.29, 0.717) is 0 Å². The molecule has 0 spiro atoms. The van der Waals surface area contributed by atoms with Crippen LogP contribution in [0.2, 0.25) is 0 Å². The Kier molecular flexibility index (Phi) is 5.43. The fourth-order valence-corrected chi connectivity index (χ4v) is 3.50. The molecule has 0 unspecified atom stereocenters. The number of nitrogens with one attached hydrogen (secondary N) is 1. The summed E-state index contributed by atoms with van der Waals surface area (Å²) in [6, 6.07) is 17.5. The Morgan fingerprint density at radius 3 is 2.54 bits per heavy atom. The highest BCUT2D eigenvalue weighted by atomic mass is 32.1. The zero-order valence-corrected chi connectivity index (χ0v) is 15.0. The largest absolute Gasteiger partial charge is 0.340 e. The van der Waals surface area contributed by atoms with Crippen molar-refractivity contribution in [2.24, 2.45) is 0 Å². The molecule has 5 nitrogen and oxygen atoms in total. The molecule has 1 atom stereocenters. The van der Waals surface area contributed by atoms with Crippen LogP contribution in [0.3, 0.4) is 0 Å². The Hall–Kier alpha value is -2.99. The van der Waals surface area contributed by atoms with E-state index in [1.807, 2.05) is 29.6 Å². The molecule has 0 bridgehead atoms. The second-order valence-corrected chi connectivity index (χ2v) is 6.80. The first kappa shape index (κ1) is 17.8. The van der Waals surface area contributed by atoms with Crippen LogP contribution < -0.4 is 5.32 Å². The van der Waals surface area contributed by atoms with E-state index >= 15 is 0 Å². The summed E-state index contributed by atoms with van der Waals surface area (Å²) in [5.41, 5.74) is 2.37. The van der Waals surface area contributed by atoms with Crippen molar-refractivity contribution in [3.8, 4) is 0 Å². The zero-order chi connectivity index (χ0) is 18.5. The smallest absolute Gasteiger partial charge is 0.270 e. The summed E-state index contributed by atoms with van der Waals surface area (Å²) in [6.07, 6.45) is 0.948. The highest BCUT2D eigenvalue weighted by molar-refractivity contribution is 7.10. The molecule has 0 saturated heterocycles. The normalized spacial score (nSPS) is 11.7. The van der Waals surface area contributed by atoms with Crippen molar-refractivity contribution < 1.29 is 9.72 Å². The lowest BCUT2D eigenvalue weighted by atomic mass is 10.0. The second kappa shape index (κ2) is 7.93. The van der Waals surface area contributed by atoms with Gasteiger partial charge >= 0.3 is 0 Å². The van der Waals surface area contributed by atoms with Crippen LogP contribution in [-0.4, -0.2) is 10.8 Å². The number of amides is 1. The molecule has 1 heterocycles. The molecule has 1 amide bonds. The standard InChI is InChI=1S/C20H18N2O3S/c1-2-14-8-10-15(11-9-14)19(18-7-4-12-26-18)21-20(23)16-5-3-6-17(13-16)22(24)25/h3-13,19H,2H2,1H3,(H,21,23)/t19-/m1/s1. The van der Waals surface area contributed by atoms with Crippen LogP contribution in [0.4, 0.5) is 5.69 Å². The number of nitro groups is 1. The highest BCUT2D eigenvalue weighted by Gasteiger charge is 2.20. The zero-order valence-electron chi connectivity index (χ0n) is 14.2. The summed E-state index contributed by atoms with van der Waals surface area (Å²) >= 11 is 1.56. The van der Waals surface area contributed by atoms with Crippen LogP contribution in [0.25, 0.3) is 0 Å². The van der Waals surface area contributed by atoms with Crippen molar-refractivity contribution >= 4 is 22.9 Å². The average molecular weight is 366 g/mol. The molecule has 1 aromatic heterocycles. The van der Waals surface area contributed by atoms with Crippen molar-refractivity contribution in [1.82, 2.24) is 5.32 Å². The van der Waals surface area contributed by atoms with Crippen molar-refractivity contribution in [3.63, 3.8) is 0 Å². The summed E-state index contributed by atoms with van der Waals surface area (Å²) in [6.45, 7) is 2.09. The number of rotatable bonds is 6. The van der Waals surface area contributed by atoms with Gasteiger partial charge in [-0.05, 0) is 35.1 Å². The molecule has 0 radical (unpaired) electrons. The van der Waals surface area contributed by atoms with Gasteiger partial charge in [0.2, 0.25) is 0 Å². The van der Waals surface area contributed by atoms with E-state index in [4.69, 9.17) is 0 Å². The molecule has 0 aliphatic carbocycles. The van der Waals surface area contributed by atoms with Crippen LogP contribution >= 0.6 is 11.3 Å². The van der Waals surface area contributed by atoms with E-state index in [1.54, 1.807) is 17.4 Å². The van der Waals surface area contributed by atoms with Gasteiger partial charge in [-0.1, -0.05) is 43.3 Å². The van der Waals surface area contributed by atoms with E-state index in [2.05, 4.69) is 24.4 Å². The minimum atomic E-state index is -0.503. The molecule has 1 N–H and O–H groups in total. The number of hydrogen-bond acceptors (Lipinski definition) is 4. The van der Waals surface area contributed by atoms with Gasteiger partial charge in [-0.15, -0.1) is 11.3 Å². The van der Waals surface area contributed by atoms with Crippen molar-refractivity contribution in [2.45, 2.75) is 19.4 Å². The Morgan fingerprint density at radius 2 is 1.92 bits per heavy atom. The van der Waals surface area contributed by atoms with Crippen LogP contribution in [0.15, 0.2) is 66.0 Å². The Balaban J connectivity index is 1.89. The van der Waals surface area contributed by atoms with Crippen molar-refractivity contribution in [2.75, 3.05) is 0 Å². The molecule has 26 heavy (non-hydrogen) atoms. The van der Waals surface area contributed by atoms with Gasteiger partial charge in [0.1, 0.15) is 0 Å². The topological polar surface area (TPSA) is 72.2 Å². The van der Waals surface area contributed by atoms with Gasteiger partial charge in [-0.3, -0.25) is 14.9 Å². The molecule has 6 heteroatoms. The van der Waals surface area contributed by atoms with Crippen molar-refractivity contribution in [1.29, 1.82) is 0 Å². The summed E-state index contributed by atoms with van der Waals surface area (Å²) in [5.74, 6) is -0.341. The van der Waals surface area contributed by atoms with Gasteiger partial charge in [0, 0.05) is 22.6 Å². The van der Waals surface area contributed by atoms with Gasteiger partial charge in [-0.25, -0.2) is 0 Å². The van der Waals surface area contributed by atoms with Gasteiger partial charge in [-0.2, -0.15) is 0 Å². The van der Waals surface area contributed by atoms with E-state index in [0.717, 1.165) is 16.9 Å². The fraction of sp³-hybridized carbons (Fsp3) is 0.150. The second-order valence-electron chi connectivity index (χ2n) is 5.82. The summed E-state index contributed by atoms with van der Waals surface area (Å²) in [7, 11) is 0. The SMILES string of the molecule is CCc1ccc([C@@H](NC(=O)c2cccc([N+](=O)[O-])c2)c2cccs2)cc1. The number of carbonyl (C=O) groups excluding carboxylic acids is 1. The quantitative estimate of drug-likeness (QED) is 0.506. The number of thiophene rings is 1. The maximum Gasteiger partial charge on any atom is 0.270 e. The monoisotopic (exact) mass is 366 g/mol.